The average Bonchev–Trinajstić information content (AvgIpc) is 2.01. The minimum atomic E-state index is 0.455. The highest BCUT2D eigenvalue weighted by Crippen LogP contribution is 2.13. The maximum atomic E-state index is 5.75. The summed E-state index contributed by atoms with van der Waals surface area (Å²) in [6.45, 7) is 9.76. The van der Waals surface area contributed by atoms with E-state index in [1.165, 1.54) is 6.42 Å². The quantitative estimate of drug-likeness (QED) is 0.697. The molecule has 12 heavy (non-hydrogen) atoms. The molecule has 1 aliphatic heterocycles. The van der Waals surface area contributed by atoms with E-state index < -0.39 is 0 Å². The van der Waals surface area contributed by atoms with Gasteiger partial charge in [0, 0.05) is 13.2 Å². The fourth-order valence-electron chi connectivity index (χ4n) is 1.56. The summed E-state index contributed by atoms with van der Waals surface area (Å²) in [4.78, 5) is 0. The van der Waals surface area contributed by atoms with Crippen LogP contribution < -0.4 is 5.32 Å². The van der Waals surface area contributed by atoms with E-state index in [2.05, 4.69) is 26.1 Å². The van der Waals surface area contributed by atoms with Gasteiger partial charge in [-0.1, -0.05) is 20.8 Å². The third-order valence-electron chi connectivity index (χ3n) is 2.20. The van der Waals surface area contributed by atoms with Crippen LogP contribution in [-0.2, 0) is 4.74 Å². The molecule has 0 aromatic heterocycles. The Morgan fingerprint density at radius 1 is 1.42 bits per heavy atom. The van der Waals surface area contributed by atoms with Gasteiger partial charge in [0.25, 0.3) is 0 Å². The van der Waals surface area contributed by atoms with Gasteiger partial charge in [0.2, 0.25) is 0 Å². The summed E-state index contributed by atoms with van der Waals surface area (Å²) < 4.78 is 5.75. The normalized spacial score (nSPS) is 31.0. The molecule has 0 aliphatic carbocycles. The number of rotatable bonds is 3. The molecule has 0 aromatic rings. The number of hydrogen-bond acceptors (Lipinski definition) is 2. The molecular weight excluding hydrogens is 150 g/mol. The van der Waals surface area contributed by atoms with Gasteiger partial charge in [-0.2, -0.15) is 0 Å². The van der Waals surface area contributed by atoms with Crippen molar-refractivity contribution in [1.29, 1.82) is 0 Å². The van der Waals surface area contributed by atoms with E-state index in [-0.39, 0.29) is 0 Å². The Bertz CT molecular complexity index is 125. The van der Waals surface area contributed by atoms with Gasteiger partial charge in [0.05, 0.1) is 6.10 Å². The Hall–Kier alpha value is -0.0800. The average molecular weight is 171 g/mol. The van der Waals surface area contributed by atoms with Crippen molar-refractivity contribution in [3.8, 4) is 0 Å². The summed E-state index contributed by atoms with van der Waals surface area (Å²) in [5.41, 5.74) is 0. The molecule has 1 fully saturated rings. The van der Waals surface area contributed by atoms with Crippen LogP contribution in [0.1, 0.15) is 27.2 Å². The van der Waals surface area contributed by atoms with Gasteiger partial charge >= 0.3 is 0 Å². The second kappa shape index (κ2) is 4.83. The third kappa shape index (κ3) is 3.55. The lowest BCUT2D eigenvalue weighted by Gasteiger charge is -2.28. The smallest absolute Gasteiger partial charge is 0.0702 e. The topological polar surface area (TPSA) is 21.3 Å². The highest BCUT2D eigenvalue weighted by atomic mass is 16.5. The lowest BCUT2D eigenvalue weighted by Crippen LogP contribution is -2.40. The molecule has 0 amide bonds. The SMILES string of the molecule is CC(C)COC1CNCC(C)C1. The molecule has 0 bridgehead atoms. The molecule has 72 valence electrons. The molecule has 2 unspecified atom stereocenters. The molecule has 2 heteroatoms. The van der Waals surface area contributed by atoms with Gasteiger partial charge in [0.1, 0.15) is 0 Å². The molecule has 0 saturated carbocycles. The summed E-state index contributed by atoms with van der Waals surface area (Å²) in [6, 6.07) is 0. The standard InChI is InChI=1S/C10H21NO/c1-8(2)7-12-10-4-9(3)5-11-6-10/h8-11H,4-7H2,1-3H3. The van der Waals surface area contributed by atoms with Crippen LogP contribution in [0.2, 0.25) is 0 Å². The van der Waals surface area contributed by atoms with Crippen molar-refractivity contribution < 1.29 is 4.74 Å². The zero-order valence-corrected chi connectivity index (χ0v) is 8.47. The molecule has 0 radical (unpaired) electrons. The van der Waals surface area contributed by atoms with Crippen LogP contribution in [0.3, 0.4) is 0 Å². The first-order valence-electron chi connectivity index (χ1n) is 5.00. The summed E-state index contributed by atoms with van der Waals surface area (Å²) in [6.07, 6.45) is 1.68. The summed E-state index contributed by atoms with van der Waals surface area (Å²) in [7, 11) is 0. The summed E-state index contributed by atoms with van der Waals surface area (Å²) in [5.74, 6) is 1.43. The van der Waals surface area contributed by atoms with E-state index in [1.54, 1.807) is 0 Å². The second-order valence-electron chi connectivity index (χ2n) is 4.35. The molecule has 1 rings (SSSR count). The third-order valence-corrected chi connectivity index (χ3v) is 2.20. The Morgan fingerprint density at radius 3 is 2.75 bits per heavy atom. The summed E-state index contributed by atoms with van der Waals surface area (Å²) in [5, 5.41) is 3.38. The Morgan fingerprint density at radius 2 is 2.17 bits per heavy atom. The van der Waals surface area contributed by atoms with Gasteiger partial charge in [-0.05, 0) is 24.8 Å². The molecular formula is C10H21NO. The predicted octanol–water partition coefficient (Wildman–Crippen LogP) is 1.66. The van der Waals surface area contributed by atoms with Crippen LogP contribution in [0.4, 0.5) is 0 Å². The molecule has 1 aliphatic rings. The van der Waals surface area contributed by atoms with Crippen LogP contribution in [-0.4, -0.2) is 25.8 Å². The number of nitrogens with one attached hydrogen (secondary N) is 1. The minimum absolute atomic E-state index is 0.455. The van der Waals surface area contributed by atoms with Gasteiger partial charge in [-0.25, -0.2) is 0 Å². The van der Waals surface area contributed by atoms with E-state index in [0.29, 0.717) is 12.0 Å². The number of hydrogen-bond donors (Lipinski definition) is 1. The van der Waals surface area contributed by atoms with Gasteiger partial charge in [-0.3, -0.25) is 0 Å². The monoisotopic (exact) mass is 171 g/mol. The maximum absolute atomic E-state index is 5.75. The lowest BCUT2D eigenvalue weighted by molar-refractivity contribution is 0.0108. The zero-order chi connectivity index (χ0) is 8.97. The van der Waals surface area contributed by atoms with Crippen molar-refractivity contribution in [2.45, 2.75) is 33.3 Å². The second-order valence-corrected chi connectivity index (χ2v) is 4.35. The van der Waals surface area contributed by atoms with Crippen molar-refractivity contribution in [1.82, 2.24) is 5.32 Å². The Kier molecular flexibility index (Phi) is 4.02. The van der Waals surface area contributed by atoms with Gasteiger partial charge in [-0.15, -0.1) is 0 Å². The fourth-order valence-corrected chi connectivity index (χ4v) is 1.56. The van der Waals surface area contributed by atoms with Crippen LogP contribution >= 0.6 is 0 Å². The first kappa shape index (κ1) is 10.0. The van der Waals surface area contributed by atoms with Crippen molar-refractivity contribution in [3.05, 3.63) is 0 Å². The van der Waals surface area contributed by atoms with Gasteiger partial charge in [0.15, 0.2) is 0 Å². The lowest BCUT2D eigenvalue weighted by atomic mass is 10.00. The first-order chi connectivity index (χ1) is 5.68. The molecule has 1 saturated heterocycles. The Labute approximate surface area is 75.7 Å². The van der Waals surface area contributed by atoms with Crippen molar-refractivity contribution >= 4 is 0 Å². The van der Waals surface area contributed by atoms with E-state index in [0.717, 1.165) is 25.6 Å². The van der Waals surface area contributed by atoms with Crippen molar-refractivity contribution in [2.24, 2.45) is 11.8 Å². The Balaban J connectivity index is 2.14. The van der Waals surface area contributed by atoms with Crippen LogP contribution in [0, 0.1) is 11.8 Å². The minimum Gasteiger partial charge on any atom is -0.377 e. The van der Waals surface area contributed by atoms with Crippen LogP contribution in [0.15, 0.2) is 0 Å². The zero-order valence-electron chi connectivity index (χ0n) is 8.47. The van der Waals surface area contributed by atoms with Crippen LogP contribution in [0.25, 0.3) is 0 Å². The molecule has 0 spiro atoms. The van der Waals surface area contributed by atoms with E-state index in [4.69, 9.17) is 4.74 Å². The molecule has 0 aromatic carbocycles. The number of piperidine rings is 1. The highest BCUT2D eigenvalue weighted by Gasteiger charge is 2.18. The van der Waals surface area contributed by atoms with E-state index in [9.17, 15) is 0 Å². The van der Waals surface area contributed by atoms with E-state index >= 15 is 0 Å². The van der Waals surface area contributed by atoms with Crippen LogP contribution in [0.5, 0.6) is 0 Å². The van der Waals surface area contributed by atoms with E-state index in [1.807, 2.05) is 0 Å². The maximum Gasteiger partial charge on any atom is 0.0702 e. The van der Waals surface area contributed by atoms with Crippen molar-refractivity contribution in [3.63, 3.8) is 0 Å². The van der Waals surface area contributed by atoms with Crippen molar-refractivity contribution in [2.75, 3.05) is 19.7 Å². The summed E-state index contributed by atoms with van der Waals surface area (Å²) >= 11 is 0. The predicted molar refractivity (Wildman–Crippen MR) is 51.2 cm³/mol. The molecule has 2 nitrogen and oxygen atoms in total. The molecule has 1 heterocycles. The first-order valence-corrected chi connectivity index (χ1v) is 5.00. The highest BCUT2D eigenvalue weighted by molar-refractivity contribution is 4.73. The fraction of sp³-hybridized carbons (Fsp3) is 1.00. The molecule has 2 atom stereocenters. The molecule has 1 N–H and O–H groups in total. The van der Waals surface area contributed by atoms with Gasteiger partial charge < -0.3 is 10.1 Å². The largest absolute Gasteiger partial charge is 0.377 e. The number of ether oxygens (including phenoxy) is 1.